The summed E-state index contributed by atoms with van der Waals surface area (Å²) in [6, 6.07) is 19.1. The van der Waals surface area contributed by atoms with Crippen molar-refractivity contribution in [1.82, 2.24) is 10.2 Å². The second-order valence-corrected chi connectivity index (χ2v) is 12.7. The van der Waals surface area contributed by atoms with Crippen LogP contribution in [-0.2, 0) is 26.2 Å². The van der Waals surface area contributed by atoms with Gasteiger partial charge >= 0.3 is 0 Å². The van der Waals surface area contributed by atoms with Crippen molar-refractivity contribution in [2.75, 3.05) is 10.8 Å². The van der Waals surface area contributed by atoms with E-state index in [1.165, 1.54) is 17.0 Å². The topological polar surface area (TPSA) is 86.8 Å². The summed E-state index contributed by atoms with van der Waals surface area (Å²) in [4.78, 5) is 28.7. The molecule has 0 unspecified atom stereocenters. The first-order valence-corrected chi connectivity index (χ1v) is 15.4. The first kappa shape index (κ1) is 29.9. The molecule has 3 aromatic rings. The molecule has 0 saturated heterocycles. The highest BCUT2D eigenvalue weighted by Crippen LogP contribution is 2.31. The van der Waals surface area contributed by atoms with Gasteiger partial charge in [0.1, 0.15) is 12.6 Å². The van der Waals surface area contributed by atoms with E-state index < -0.39 is 28.5 Å². The molecule has 2 amide bonds. The quantitative estimate of drug-likeness (QED) is 0.310. The van der Waals surface area contributed by atoms with Crippen LogP contribution in [0.4, 0.5) is 5.69 Å². The Hall–Kier alpha value is -3.07. The van der Waals surface area contributed by atoms with Crippen LogP contribution in [0.3, 0.4) is 0 Å². The van der Waals surface area contributed by atoms with Gasteiger partial charge in [-0.25, -0.2) is 8.42 Å². The molecule has 1 N–H and O–H groups in total. The third-order valence-electron chi connectivity index (χ3n) is 7.18. The summed E-state index contributed by atoms with van der Waals surface area (Å²) in [5.74, 6) is -0.859. The zero-order chi connectivity index (χ0) is 28.9. The van der Waals surface area contributed by atoms with Crippen molar-refractivity contribution in [2.45, 2.75) is 63.1 Å². The fraction of sp³-hybridized carbons (Fsp3) is 0.333. The fourth-order valence-electron chi connectivity index (χ4n) is 4.79. The van der Waals surface area contributed by atoms with Crippen LogP contribution in [0.1, 0.15) is 43.7 Å². The maximum Gasteiger partial charge on any atom is 0.264 e. The highest BCUT2D eigenvalue weighted by atomic mass is 35.5. The van der Waals surface area contributed by atoms with E-state index in [2.05, 4.69) is 5.32 Å². The Morgan fingerprint density at radius 3 is 2.15 bits per heavy atom. The van der Waals surface area contributed by atoms with E-state index in [4.69, 9.17) is 23.2 Å². The Kier molecular flexibility index (Phi) is 9.77. The van der Waals surface area contributed by atoms with Gasteiger partial charge in [-0.3, -0.25) is 13.9 Å². The van der Waals surface area contributed by atoms with Gasteiger partial charge in [-0.1, -0.05) is 84.1 Å². The lowest BCUT2D eigenvalue weighted by molar-refractivity contribution is -0.139. The lowest BCUT2D eigenvalue weighted by Crippen LogP contribution is -2.52. The molecule has 0 bridgehead atoms. The fourth-order valence-corrected chi connectivity index (χ4v) is 6.71. The minimum Gasteiger partial charge on any atom is -0.352 e. The van der Waals surface area contributed by atoms with Crippen LogP contribution in [0, 0.1) is 6.92 Å². The average Bonchev–Trinajstić information content (AvgIpc) is 3.44. The Balaban J connectivity index is 1.70. The molecule has 7 nitrogen and oxygen atoms in total. The predicted molar refractivity (Wildman–Crippen MR) is 159 cm³/mol. The SMILES string of the molecule is Cc1ccc(S(=O)(=O)N(CC(=O)N(Cc2ccccc2Cl)[C@@H](C)C(=O)NC2CCCC2)c2ccccc2Cl)cc1. The lowest BCUT2D eigenvalue weighted by Gasteiger charge is -2.33. The summed E-state index contributed by atoms with van der Waals surface area (Å²) in [7, 11) is -4.19. The van der Waals surface area contributed by atoms with E-state index >= 15 is 0 Å². The van der Waals surface area contributed by atoms with E-state index in [1.54, 1.807) is 67.6 Å². The number of sulfonamides is 1. The number of rotatable bonds is 10. The van der Waals surface area contributed by atoms with Gasteiger partial charge in [-0.2, -0.15) is 0 Å². The Labute approximate surface area is 246 Å². The lowest BCUT2D eigenvalue weighted by atomic mass is 10.1. The number of hydrogen-bond donors (Lipinski definition) is 1. The van der Waals surface area contributed by atoms with Gasteiger partial charge in [0.2, 0.25) is 11.8 Å². The minimum atomic E-state index is -4.19. The smallest absolute Gasteiger partial charge is 0.264 e. The van der Waals surface area contributed by atoms with Crippen molar-refractivity contribution >= 4 is 50.7 Å². The second-order valence-electron chi connectivity index (χ2n) is 10.1. The number of halogens is 2. The first-order chi connectivity index (χ1) is 19.1. The first-order valence-electron chi connectivity index (χ1n) is 13.2. The van der Waals surface area contributed by atoms with Crippen molar-refractivity contribution in [1.29, 1.82) is 0 Å². The third kappa shape index (κ3) is 6.97. The van der Waals surface area contributed by atoms with Crippen LogP contribution in [0.2, 0.25) is 10.0 Å². The van der Waals surface area contributed by atoms with Crippen LogP contribution in [0.25, 0.3) is 0 Å². The van der Waals surface area contributed by atoms with Gasteiger partial charge < -0.3 is 10.2 Å². The number of aryl methyl sites for hydroxylation is 1. The van der Waals surface area contributed by atoms with Crippen molar-refractivity contribution in [3.8, 4) is 0 Å². The number of carbonyl (C=O) groups excluding carboxylic acids is 2. The van der Waals surface area contributed by atoms with E-state index in [9.17, 15) is 18.0 Å². The van der Waals surface area contributed by atoms with Crippen molar-refractivity contribution < 1.29 is 18.0 Å². The van der Waals surface area contributed by atoms with Gasteiger partial charge in [-0.15, -0.1) is 0 Å². The van der Waals surface area contributed by atoms with Crippen LogP contribution in [0.5, 0.6) is 0 Å². The van der Waals surface area contributed by atoms with Gasteiger partial charge in [0.15, 0.2) is 0 Å². The highest BCUT2D eigenvalue weighted by molar-refractivity contribution is 7.92. The predicted octanol–water partition coefficient (Wildman–Crippen LogP) is 5.97. The number of para-hydroxylation sites is 1. The third-order valence-corrected chi connectivity index (χ3v) is 9.64. The molecule has 4 rings (SSSR count). The molecule has 0 heterocycles. The molecule has 1 aliphatic carbocycles. The number of nitrogens with zero attached hydrogens (tertiary/aromatic N) is 2. The molecule has 0 spiro atoms. The molecule has 0 aromatic heterocycles. The maximum atomic E-state index is 14.0. The van der Waals surface area contributed by atoms with Gasteiger partial charge in [0.25, 0.3) is 10.0 Å². The summed E-state index contributed by atoms with van der Waals surface area (Å²) in [6.45, 7) is 2.97. The van der Waals surface area contributed by atoms with Crippen LogP contribution in [0.15, 0.2) is 77.7 Å². The van der Waals surface area contributed by atoms with Crippen LogP contribution < -0.4 is 9.62 Å². The average molecular weight is 603 g/mol. The number of nitrogens with one attached hydrogen (secondary N) is 1. The molecule has 1 fully saturated rings. The standard InChI is InChI=1S/C30H33Cl2N3O4S/c1-21-15-17-25(18-16-21)40(38,39)35(28-14-8-7-13-27(28)32)20-29(36)34(19-23-9-3-6-12-26(23)31)22(2)30(37)33-24-10-4-5-11-24/h3,6-9,12-18,22,24H,4-5,10-11,19-20H2,1-2H3,(H,33,37)/t22-/m0/s1. The largest absolute Gasteiger partial charge is 0.352 e. The summed E-state index contributed by atoms with van der Waals surface area (Å²) < 4.78 is 28.8. The molecule has 10 heteroatoms. The summed E-state index contributed by atoms with van der Waals surface area (Å²) in [5, 5.41) is 3.67. The molecule has 1 saturated carbocycles. The van der Waals surface area contributed by atoms with Crippen LogP contribution >= 0.6 is 23.2 Å². The van der Waals surface area contributed by atoms with E-state index in [-0.39, 0.29) is 34.1 Å². The van der Waals surface area contributed by atoms with E-state index in [0.29, 0.717) is 10.6 Å². The monoisotopic (exact) mass is 601 g/mol. The molecule has 0 radical (unpaired) electrons. The number of benzene rings is 3. The normalized spacial score (nSPS) is 14.5. The van der Waals surface area contributed by atoms with Crippen molar-refractivity contribution in [2.24, 2.45) is 0 Å². The van der Waals surface area contributed by atoms with Crippen molar-refractivity contribution in [3.63, 3.8) is 0 Å². The molecule has 0 aliphatic heterocycles. The zero-order valence-corrected chi connectivity index (χ0v) is 24.8. The molecule has 1 atom stereocenters. The minimum absolute atomic E-state index is 0.0236. The molecule has 1 aliphatic rings. The Bertz CT molecular complexity index is 1460. The van der Waals surface area contributed by atoms with Gasteiger partial charge in [0.05, 0.1) is 15.6 Å². The van der Waals surface area contributed by atoms with Crippen molar-refractivity contribution in [3.05, 3.63) is 94.0 Å². The second kappa shape index (κ2) is 13.1. The van der Waals surface area contributed by atoms with E-state index in [1.807, 2.05) is 6.92 Å². The van der Waals surface area contributed by atoms with Crippen LogP contribution in [-0.4, -0.2) is 43.8 Å². The number of hydrogen-bond acceptors (Lipinski definition) is 4. The number of anilines is 1. The molecular formula is C30H33Cl2N3O4S. The molecule has 212 valence electrons. The molecular weight excluding hydrogens is 569 g/mol. The Morgan fingerprint density at radius 2 is 1.52 bits per heavy atom. The van der Waals surface area contributed by atoms with Gasteiger partial charge in [-0.05, 0) is 62.6 Å². The zero-order valence-electron chi connectivity index (χ0n) is 22.5. The van der Waals surface area contributed by atoms with E-state index in [0.717, 1.165) is 35.6 Å². The Morgan fingerprint density at radius 1 is 0.925 bits per heavy atom. The summed E-state index contributed by atoms with van der Waals surface area (Å²) >= 11 is 12.9. The highest BCUT2D eigenvalue weighted by Gasteiger charge is 2.34. The number of carbonyl (C=O) groups is 2. The molecule has 40 heavy (non-hydrogen) atoms. The number of amides is 2. The maximum absolute atomic E-state index is 14.0. The van der Waals surface area contributed by atoms with Gasteiger partial charge in [0, 0.05) is 17.6 Å². The summed E-state index contributed by atoms with van der Waals surface area (Å²) in [5.41, 5.74) is 1.70. The summed E-state index contributed by atoms with van der Waals surface area (Å²) in [6.07, 6.45) is 3.88. The molecule has 3 aromatic carbocycles.